The second-order valence-electron chi connectivity index (χ2n) is 6.23. The molecule has 0 aromatic rings. The molecule has 3 rings (SSSR count). The average molecular weight is 268 g/mol. The first kappa shape index (κ1) is 13.8. The monoisotopic (exact) mass is 268 g/mol. The topological polar surface area (TPSA) is 33.7 Å². The van der Waals surface area contributed by atoms with Gasteiger partial charge in [0.15, 0.2) is 0 Å². The zero-order valence-electron chi connectivity index (χ0n) is 12.2. The van der Waals surface area contributed by atoms with E-state index in [4.69, 9.17) is 9.47 Å². The van der Waals surface area contributed by atoms with E-state index in [1.807, 2.05) is 0 Å². The van der Waals surface area contributed by atoms with Crippen molar-refractivity contribution in [2.75, 3.05) is 46.0 Å². The molecule has 1 heterocycles. The third kappa shape index (κ3) is 2.68. The minimum absolute atomic E-state index is 0.501. The highest BCUT2D eigenvalue weighted by atomic mass is 16.5. The minimum Gasteiger partial charge on any atom is -0.379 e. The molecule has 1 spiro atoms. The fraction of sp³-hybridized carbons (Fsp3) is 1.00. The predicted octanol–water partition coefficient (Wildman–Crippen LogP) is 1.26. The molecule has 1 saturated heterocycles. The van der Waals surface area contributed by atoms with Gasteiger partial charge < -0.3 is 14.8 Å². The molecule has 1 aliphatic heterocycles. The molecular formula is C15H28N2O2. The van der Waals surface area contributed by atoms with Crippen LogP contribution in [0.15, 0.2) is 0 Å². The van der Waals surface area contributed by atoms with Gasteiger partial charge in [-0.05, 0) is 26.2 Å². The first-order valence-electron chi connectivity index (χ1n) is 8.00. The Morgan fingerprint density at radius 3 is 2.74 bits per heavy atom. The van der Waals surface area contributed by atoms with Crippen LogP contribution < -0.4 is 5.32 Å². The summed E-state index contributed by atoms with van der Waals surface area (Å²) in [6, 6.07) is 0.707. The first-order valence-corrected chi connectivity index (χ1v) is 8.00. The summed E-state index contributed by atoms with van der Waals surface area (Å²) in [6.07, 6.45) is 5.88. The van der Waals surface area contributed by atoms with Crippen molar-refractivity contribution in [1.82, 2.24) is 10.2 Å². The van der Waals surface area contributed by atoms with Gasteiger partial charge in [0.2, 0.25) is 0 Å². The molecular weight excluding hydrogens is 240 g/mol. The molecule has 0 amide bonds. The van der Waals surface area contributed by atoms with Gasteiger partial charge in [0.25, 0.3) is 0 Å². The molecule has 3 aliphatic rings. The van der Waals surface area contributed by atoms with Crippen LogP contribution in [0.3, 0.4) is 0 Å². The summed E-state index contributed by atoms with van der Waals surface area (Å²) in [5.74, 6) is 0. The predicted molar refractivity (Wildman–Crippen MR) is 75.4 cm³/mol. The Morgan fingerprint density at radius 2 is 2.11 bits per heavy atom. The maximum absolute atomic E-state index is 5.90. The molecule has 2 saturated carbocycles. The molecule has 110 valence electrons. The molecule has 19 heavy (non-hydrogen) atoms. The van der Waals surface area contributed by atoms with Gasteiger partial charge in [0.05, 0.1) is 19.3 Å². The van der Waals surface area contributed by atoms with Gasteiger partial charge in [-0.3, -0.25) is 4.90 Å². The lowest BCUT2D eigenvalue weighted by Crippen LogP contribution is -2.67. The summed E-state index contributed by atoms with van der Waals surface area (Å²) in [5, 5.41) is 3.79. The minimum atomic E-state index is 0.501. The quantitative estimate of drug-likeness (QED) is 0.786. The largest absolute Gasteiger partial charge is 0.379 e. The summed E-state index contributed by atoms with van der Waals surface area (Å²) in [5.41, 5.74) is 0.501. The van der Waals surface area contributed by atoms with Crippen molar-refractivity contribution in [3.63, 3.8) is 0 Å². The van der Waals surface area contributed by atoms with Crippen molar-refractivity contribution in [3.05, 3.63) is 0 Å². The molecule has 3 fully saturated rings. The van der Waals surface area contributed by atoms with Crippen LogP contribution in [0.5, 0.6) is 0 Å². The molecule has 0 aromatic carbocycles. The van der Waals surface area contributed by atoms with Crippen molar-refractivity contribution >= 4 is 0 Å². The van der Waals surface area contributed by atoms with Gasteiger partial charge in [0, 0.05) is 44.2 Å². The van der Waals surface area contributed by atoms with Gasteiger partial charge in [-0.2, -0.15) is 0 Å². The van der Waals surface area contributed by atoms with E-state index in [1.165, 1.54) is 25.7 Å². The van der Waals surface area contributed by atoms with Crippen LogP contribution in [0.4, 0.5) is 0 Å². The molecule has 4 nitrogen and oxygen atoms in total. The zero-order valence-corrected chi connectivity index (χ0v) is 12.2. The normalized spacial score (nSPS) is 33.9. The van der Waals surface area contributed by atoms with Crippen LogP contribution in [0.1, 0.15) is 32.6 Å². The number of nitrogens with zero attached hydrogens (tertiary/aromatic N) is 1. The van der Waals surface area contributed by atoms with E-state index in [0.29, 0.717) is 17.6 Å². The average Bonchev–Trinajstić information content (AvgIpc) is 2.36. The molecule has 0 bridgehead atoms. The van der Waals surface area contributed by atoms with E-state index in [1.54, 1.807) is 0 Å². The first-order chi connectivity index (χ1) is 9.35. The van der Waals surface area contributed by atoms with Gasteiger partial charge in [-0.25, -0.2) is 0 Å². The third-order valence-electron chi connectivity index (χ3n) is 5.36. The van der Waals surface area contributed by atoms with Gasteiger partial charge in [0.1, 0.15) is 0 Å². The Bertz CT molecular complexity index is 288. The molecule has 2 unspecified atom stereocenters. The third-order valence-corrected chi connectivity index (χ3v) is 5.36. The lowest BCUT2D eigenvalue weighted by atomic mass is 9.51. The molecule has 0 radical (unpaired) electrons. The number of hydrogen-bond acceptors (Lipinski definition) is 4. The maximum atomic E-state index is 5.90. The number of nitrogens with one attached hydrogen (secondary N) is 1. The van der Waals surface area contributed by atoms with E-state index in [-0.39, 0.29) is 0 Å². The summed E-state index contributed by atoms with van der Waals surface area (Å²) in [4.78, 5) is 2.50. The fourth-order valence-corrected chi connectivity index (χ4v) is 3.95. The number of rotatable bonds is 6. The Hall–Kier alpha value is -0.160. The summed E-state index contributed by atoms with van der Waals surface area (Å²) in [6.45, 7) is 9.26. The van der Waals surface area contributed by atoms with Gasteiger partial charge in [-0.1, -0.05) is 6.42 Å². The highest BCUT2D eigenvalue weighted by Gasteiger charge is 2.58. The van der Waals surface area contributed by atoms with E-state index in [9.17, 15) is 0 Å². The Morgan fingerprint density at radius 1 is 1.32 bits per heavy atom. The van der Waals surface area contributed by atoms with E-state index < -0.39 is 0 Å². The highest BCUT2D eigenvalue weighted by molar-refractivity contribution is 5.12. The van der Waals surface area contributed by atoms with Crippen molar-refractivity contribution < 1.29 is 9.47 Å². The molecule has 4 heteroatoms. The number of morpholine rings is 1. The van der Waals surface area contributed by atoms with Crippen LogP contribution in [0.25, 0.3) is 0 Å². The zero-order chi connectivity index (χ0) is 13.1. The lowest BCUT2D eigenvalue weighted by molar-refractivity contribution is -0.172. The number of ether oxygens (including phenoxy) is 2. The second kappa shape index (κ2) is 6.08. The van der Waals surface area contributed by atoms with Gasteiger partial charge >= 0.3 is 0 Å². The molecule has 1 N–H and O–H groups in total. The molecule has 2 aliphatic carbocycles. The van der Waals surface area contributed by atoms with Crippen LogP contribution >= 0.6 is 0 Å². The van der Waals surface area contributed by atoms with E-state index in [0.717, 1.165) is 46.0 Å². The summed E-state index contributed by atoms with van der Waals surface area (Å²) in [7, 11) is 0. The maximum Gasteiger partial charge on any atom is 0.0661 e. The van der Waals surface area contributed by atoms with E-state index >= 15 is 0 Å². The SMILES string of the molecule is CCOC1CC(NCCN2CCOCC2)C12CCC2. The number of hydrogen-bond donors (Lipinski definition) is 1. The van der Waals surface area contributed by atoms with Crippen LogP contribution in [0, 0.1) is 5.41 Å². The highest BCUT2D eigenvalue weighted by Crippen LogP contribution is 2.57. The standard InChI is InChI=1S/C15H28N2O2/c1-2-19-14-12-13(15(14)4-3-5-15)16-6-7-17-8-10-18-11-9-17/h13-14,16H,2-12H2,1H3. The summed E-state index contributed by atoms with van der Waals surface area (Å²) >= 11 is 0. The van der Waals surface area contributed by atoms with Gasteiger partial charge in [-0.15, -0.1) is 0 Å². The molecule has 0 aromatic heterocycles. The van der Waals surface area contributed by atoms with Crippen molar-refractivity contribution in [2.24, 2.45) is 5.41 Å². The second-order valence-corrected chi connectivity index (χ2v) is 6.23. The Balaban J connectivity index is 1.39. The fourth-order valence-electron chi connectivity index (χ4n) is 3.95. The van der Waals surface area contributed by atoms with Crippen LogP contribution in [0.2, 0.25) is 0 Å². The Labute approximate surface area is 116 Å². The van der Waals surface area contributed by atoms with E-state index in [2.05, 4.69) is 17.1 Å². The van der Waals surface area contributed by atoms with Crippen LogP contribution in [-0.4, -0.2) is 63.0 Å². The smallest absolute Gasteiger partial charge is 0.0661 e. The molecule has 2 atom stereocenters. The lowest BCUT2D eigenvalue weighted by Gasteiger charge is -2.61. The van der Waals surface area contributed by atoms with Crippen LogP contribution in [-0.2, 0) is 9.47 Å². The Kier molecular flexibility index (Phi) is 4.42. The van der Waals surface area contributed by atoms with Crippen molar-refractivity contribution in [3.8, 4) is 0 Å². The van der Waals surface area contributed by atoms with Crippen molar-refractivity contribution in [2.45, 2.75) is 44.8 Å². The van der Waals surface area contributed by atoms with Crippen molar-refractivity contribution in [1.29, 1.82) is 0 Å². The summed E-state index contributed by atoms with van der Waals surface area (Å²) < 4.78 is 11.3.